The highest BCUT2D eigenvalue weighted by atomic mass is 14.9. The molecule has 0 unspecified atom stereocenters. The summed E-state index contributed by atoms with van der Waals surface area (Å²) < 4.78 is 0. The Morgan fingerprint density at radius 3 is 2.09 bits per heavy atom. The molecule has 0 aliphatic rings. The fourth-order valence-electron chi connectivity index (χ4n) is 2.35. The van der Waals surface area contributed by atoms with Crippen molar-refractivity contribution in [3.8, 4) is 0 Å². The van der Waals surface area contributed by atoms with E-state index in [1.54, 1.807) is 0 Å². The molecule has 0 spiro atoms. The zero-order chi connectivity index (χ0) is 24.8. The van der Waals surface area contributed by atoms with E-state index < -0.39 is 0 Å². The molecule has 2 nitrogen and oxygen atoms in total. The van der Waals surface area contributed by atoms with Crippen LogP contribution in [0.2, 0.25) is 0 Å². The van der Waals surface area contributed by atoms with Gasteiger partial charge in [-0.2, -0.15) is 0 Å². The molecule has 0 aliphatic heterocycles. The highest BCUT2D eigenvalue weighted by Gasteiger charge is 2.06. The third-order valence-corrected chi connectivity index (χ3v) is 3.91. The first-order valence-corrected chi connectivity index (χ1v) is 11.0. The number of hydrogen-bond acceptors (Lipinski definition) is 2. The van der Waals surface area contributed by atoms with E-state index in [0.29, 0.717) is 0 Å². The average Bonchev–Trinajstić information content (AvgIpc) is 2.82. The summed E-state index contributed by atoms with van der Waals surface area (Å²) in [6.07, 6.45) is 19.8. The first-order valence-electron chi connectivity index (χ1n) is 11.0. The van der Waals surface area contributed by atoms with Gasteiger partial charge in [0.15, 0.2) is 0 Å². The molecule has 1 aromatic rings. The molecule has 1 N–H and O–H groups in total. The second kappa shape index (κ2) is 20.9. The van der Waals surface area contributed by atoms with Crippen LogP contribution in [0.3, 0.4) is 0 Å². The molecule has 0 aromatic heterocycles. The standard InChI is InChI=1S/C26H32N2.C2H6.C2H4/c1-7-9-11-12-14-19-27-23(5)24(6)28-26(22(4)17-13-10-8-2)25-18-15-16-21(3)20-25;2*1-2/h7-20,27H,5H2,1-4,6H3;1-2H3;1-2H2/b9-7-,10-8-,12-11-,17-13-,19-14+,26-22+,28-24?;;. The van der Waals surface area contributed by atoms with Crippen LogP contribution in [-0.4, -0.2) is 5.71 Å². The maximum atomic E-state index is 4.89. The summed E-state index contributed by atoms with van der Waals surface area (Å²) in [5.41, 5.74) is 5.96. The van der Waals surface area contributed by atoms with Crippen molar-refractivity contribution in [3.63, 3.8) is 0 Å². The lowest BCUT2D eigenvalue weighted by Gasteiger charge is -2.10. The molecule has 0 saturated heterocycles. The molecule has 1 rings (SSSR count). The predicted molar refractivity (Wildman–Crippen MR) is 149 cm³/mol. The summed E-state index contributed by atoms with van der Waals surface area (Å²) in [5.74, 6) is 0. The summed E-state index contributed by atoms with van der Waals surface area (Å²) in [6, 6.07) is 8.40. The number of rotatable bonds is 9. The van der Waals surface area contributed by atoms with E-state index in [1.165, 1.54) is 5.56 Å². The highest BCUT2D eigenvalue weighted by molar-refractivity contribution is 6.00. The Labute approximate surface area is 197 Å². The molecule has 2 heteroatoms. The van der Waals surface area contributed by atoms with E-state index in [1.807, 2.05) is 89.4 Å². The third kappa shape index (κ3) is 13.8. The van der Waals surface area contributed by atoms with Gasteiger partial charge in [-0.1, -0.05) is 92.8 Å². The molecule has 0 saturated carbocycles. The highest BCUT2D eigenvalue weighted by Crippen LogP contribution is 2.23. The number of hydrogen-bond donors (Lipinski definition) is 1. The smallest absolute Gasteiger partial charge is 0.0735 e. The van der Waals surface area contributed by atoms with Crippen LogP contribution in [-0.2, 0) is 0 Å². The summed E-state index contributed by atoms with van der Waals surface area (Å²) >= 11 is 0. The molecule has 0 fully saturated rings. The molecule has 0 aliphatic carbocycles. The fraction of sp³-hybridized carbons (Fsp3) is 0.233. The lowest BCUT2D eigenvalue weighted by Crippen LogP contribution is -2.11. The van der Waals surface area contributed by atoms with E-state index in [0.717, 1.165) is 28.2 Å². The maximum Gasteiger partial charge on any atom is 0.0735 e. The van der Waals surface area contributed by atoms with E-state index in [4.69, 9.17) is 4.99 Å². The van der Waals surface area contributed by atoms with E-state index in [-0.39, 0.29) is 0 Å². The van der Waals surface area contributed by atoms with Crippen LogP contribution >= 0.6 is 0 Å². The minimum absolute atomic E-state index is 0.770. The van der Waals surface area contributed by atoms with Gasteiger partial charge in [0.1, 0.15) is 0 Å². The van der Waals surface area contributed by atoms with Crippen molar-refractivity contribution in [2.75, 3.05) is 0 Å². The van der Waals surface area contributed by atoms with Crippen LogP contribution in [0.25, 0.3) is 5.70 Å². The summed E-state index contributed by atoms with van der Waals surface area (Å²) in [5, 5.41) is 3.19. The average molecular weight is 431 g/mol. The van der Waals surface area contributed by atoms with Gasteiger partial charge in [0.25, 0.3) is 0 Å². The Morgan fingerprint density at radius 2 is 1.50 bits per heavy atom. The quantitative estimate of drug-likeness (QED) is 0.236. The van der Waals surface area contributed by atoms with E-state index >= 15 is 0 Å². The minimum atomic E-state index is 0.770. The zero-order valence-electron chi connectivity index (χ0n) is 21.2. The van der Waals surface area contributed by atoms with Crippen molar-refractivity contribution in [1.82, 2.24) is 5.32 Å². The first-order chi connectivity index (χ1) is 15.5. The number of allylic oxidation sites excluding steroid dienone is 11. The lowest BCUT2D eigenvalue weighted by atomic mass is 10.0. The Kier molecular flexibility index (Phi) is 20.1. The van der Waals surface area contributed by atoms with Crippen LogP contribution in [0.15, 0.2) is 121 Å². The number of nitrogens with zero attached hydrogens (tertiary/aromatic N) is 1. The van der Waals surface area contributed by atoms with Gasteiger partial charge in [-0.25, -0.2) is 0 Å². The fourth-order valence-corrected chi connectivity index (χ4v) is 2.35. The molecule has 1 aromatic carbocycles. The molecule has 0 bridgehead atoms. The molecule has 0 radical (unpaired) electrons. The first kappa shape index (κ1) is 30.8. The topological polar surface area (TPSA) is 24.4 Å². The van der Waals surface area contributed by atoms with Crippen LogP contribution < -0.4 is 5.32 Å². The van der Waals surface area contributed by atoms with Gasteiger partial charge in [0, 0.05) is 11.8 Å². The van der Waals surface area contributed by atoms with Gasteiger partial charge in [-0.05, 0) is 52.3 Å². The van der Waals surface area contributed by atoms with Gasteiger partial charge in [0.2, 0.25) is 0 Å². The van der Waals surface area contributed by atoms with Crippen molar-refractivity contribution in [2.45, 2.75) is 48.5 Å². The van der Waals surface area contributed by atoms with Crippen molar-refractivity contribution < 1.29 is 0 Å². The molecule has 172 valence electrons. The van der Waals surface area contributed by atoms with Crippen LogP contribution in [0.1, 0.15) is 52.7 Å². The van der Waals surface area contributed by atoms with E-state index in [9.17, 15) is 0 Å². The van der Waals surface area contributed by atoms with Crippen LogP contribution in [0, 0.1) is 6.92 Å². The maximum absolute atomic E-state index is 4.89. The lowest BCUT2D eigenvalue weighted by molar-refractivity contribution is 1.14. The summed E-state index contributed by atoms with van der Waals surface area (Å²) in [4.78, 5) is 4.89. The molecular weight excluding hydrogens is 388 g/mol. The van der Waals surface area contributed by atoms with Crippen molar-refractivity contribution >= 4 is 11.4 Å². The number of aryl methyl sites for hydroxylation is 1. The predicted octanol–water partition coefficient (Wildman–Crippen LogP) is 8.90. The van der Waals surface area contributed by atoms with Gasteiger partial charge < -0.3 is 5.32 Å². The molecular formula is C30H42N2. The monoisotopic (exact) mass is 430 g/mol. The van der Waals surface area contributed by atoms with Gasteiger partial charge in [-0.3, -0.25) is 4.99 Å². The number of benzene rings is 1. The molecule has 0 amide bonds. The number of nitrogens with one attached hydrogen (secondary N) is 1. The van der Waals surface area contributed by atoms with Gasteiger partial charge in [0.05, 0.1) is 17.1 Å². The molecule has 32 heavy (non-hydrogen) atoms. The largest absolute Gasteiger partial charge is 0.361 e. The van der Waals surface area contributed by atoms with Crippen molar-refractivity contribution in [1.29, 1.82) is 0 Å². The van der Waals surface area contributed by atoms with Gasteiger partial charge >= 0.3 is 0 Å². The second-order valence-corrected chi connectivity index (χ2v) is 6.38. The van der Waals surface area contributed by atoms with Crippen LogP contribution in [0.4, 0.5) is 0 Å². The Hall–Kier alpha value is -3.39. The summed E-state index contributed by atoms with van der Waals surface area (Å²) in [6.45, 7) is 24.2. The van der Waals surface area contributed by atoms with Crippen LogP contribution in [0.5, 0.6) is 0 Å². The Balaban J connectivity index is 0. The molecule has 0 heterocycles. The minimum Gasteiger partial charge on any atom is -0.361 e. The second-order valence-electron chi connectivity index (χ2n) is 6.38. The SMILES string of the molecule is C=C.C=C(N/C=C/C=C\C=C/C)C(C)=N/C(=C(C)/C=C\C=C/C)c1cccc(C)c1.CC. The normalized spacial score (nSPS) is 12.7. The van der Waals surface area contributed by atoms with Gasteiger partial charge in [-0.15, -0.1) is 13.2 Å². The Morgan fingerprint density at radius 1 is 0.906 bits per heavy atom. The third-order valence-electron chi connectivity index (χ3n) is 3.91. The molecule has 0 atom stereocenters. The number of aliphatic imine (C=N–C) groups is 1. The van der Waals surface area contributed by atoms with E-state index in [2.05, 4.69) is 69.2 Å². The van der Waals surface area contributed by atoms with Crippen molar-refractivity contribution in [2.24, 2.45) is 4.99 Å². The summed E-state index contributed by atoms with van der Waals surface area (Å²) in [7, 11) is 0. The zero-order valence-corrected chi connectivity index (χ0v) is 21.2. The Bertz CT molecular complexity index is 872. The van der Waals surface area contributed by atoms with Crippen molar-refractivity contribution in [3.05, 3.63) is 127 Å².